The molecule has 0 bridgehead atoms. The fourth-order valence-corrected chi connectivity index (χ4v) is 24.6. The summed E-state index contributed by atoms with van der Waals surface area (Å²) in [4.78, 5) is 0. The summed E-state index contributed by atoms with van der Waals surface area (Å²) in [5, 5.41) is -12.8. The molecule has 4 nitrogen and oxygen atoms in total. The van der Waals surface area contributed by atoms with E-state index < -0.39 is 223 Å². The van der Waals surface area contributed by atoms with Gasteiger partial charge >= 0.3 is 547 Å². The van der Waals surface area contributed by atoms with Gasteiger partial charge < -0.3 is 0 Å². The van der Waals surface area contributed by atoms with Gasteiger partial charge in [0.25, 0.3) is 0 Å². The van der Waals surface area contributed by atoms with Crippen LogP contribution in [-0.4, -0.2) is 96.8 Å². The third-order valence-corrected chi connectivity index (χ3v) is 27.1. The minimum atomic E-state index is -8.43. The summed E-state index contributed by atoms with van der Waals surface area (Å²) in [6, 6.07) is -1.30. The Morgan fingerprint density at radius 3 is 0.462 bits per heavy atom. The van der Waals surface area contributed by atoms with Crippen molar-refractivity contribution in [2.75, 3.05) is 0 Å². The number of halogens is 42. The quantitative estimate of drug-likeness (QED) is 0.101. The molecule has 0 aromatic heterocycles. The van der Waals surface area contributed by atoms with Gasteiger partial charge in [0.2, 0.25) is 0 Å². The van der Waals surface area contributed by atoms with E-state index in [2.05, 4.69) is 18.1 Å². The van der Waals surface area contributed by atoms with Gasteiger partial charge in [-0.25, -0.2) is 0 Å². The molecule has 2 spiro atoms. The molecule has 48 heteroatoms. The molecule has 0 atom stereocenters. The van der Waals surface area contributed by atoms with Gasteiger partial charge in [-0.2, -0.15) is 0 Å². The zero-order chi connectivity index (χ0) is 79.6. The molecule has 0 N–H and O–H groups in total. The molecule has 576 valence electrons. The molecule has 0 unspecified atom stereocenters. The topological polar surface area (TPSA) is 36.9 Å². The van der Waals surface area contributed by atoms with Crippen LogP contribution < -0.4 is 31.8 Å². The number of hydrogen-bond acceptors (Lipinski definition) is 4. The average Bonchev–Trinajstić information content (AvgIpc) is 1.45. The molecule has 6 aromatic rings. The molecular weight excluding hydrogens is 1600 g/mol. The first-order valence-corrected chi connectivity index (χ1v) is 30.9. The first-order chi connectivity index (χ1) is 46.4. The molecule has 104 heavy (non-hydrogen) atoms. The zero-order valence-corrected chi connectivity index (χ0v) is 50.0. The fraction of sp³-hybridized carbons (Fsp3) is 0.357. The van der Waals surface area contributed by atoms with Crippen LogP contribution in [0.2, 0.25) is 0 Å². The van der Waals surface area contributed by atoms with E-state index >= 15 is 70.2 Å². The number of alkyl halides is 40. The molecule has 0 amide bonds. The van der Waals surface area contributed by atoms with E-state index in [1.165, 1.54) is 0 Å². The Labute approximate surface area is 546 Å². The Morgan fingerprint density at radius 1 is 0.192 bits per heavy atom. The molecule has 0 saturated carbocycles. The Balaban J connectivity index is 0.000000241. The van der Waals surface area contributed by atoms with Gasteiger partial charge in [-0.1, -0.05) is 0 Å². The van der Waals surface area contributed by atoms with E-state index in [1.807, 2.05) is 0 Å². The van der Waals surface area contributed by atoms with Crippen molar-refractivity contribution in [3.63, 3.8) is 0 Å². The first-order valence-electron chi connectivity index (χ1n) is 26.8. The maximum atomic E-state index is 15.8. The van der Waals surface area contributed by atoms with Gasteiger partial charge in [0.15, 0.2) is 0 Å². The van der Waals surface area contributed by atoms with Gasteiger partial charge in [-0.15, -0.1) is 0 Å². The predicted octanol–water partition coefficient (Wildman–Crippen LogP) is 19.5. The first kappa shape index (κ1) is 81.2. The SMILES string of the molecule is Fc1ccc(P23(OC(C(F)(F)C(F)(F)F)(C(F)(F)C(F)(F)F)c4ccccc42)OC(C(F)(F)C(F)(F)F)(C(F)(F)C(F)(F)F)c2ccccc23)cc1.Fc1ccc(P23(OC(C(F)(F)C(F)(F)F)(C(F)(F)C(F)(F)F)c4ccccc42)OC(C(F)(F)C(F)(F)F)(C(F)(F)C(F)(F)F)c2ccccc23)cc1. The monoisotopic (exact) mass is 1620 g/mol. The summed E-state index contributed by atoms with van der Waals surface area (Å²) >= 11 is 0. The Kier molecular flexibility index (Phi) is 17.5. The van der Waals surface area contributed by atoms with Crippen LogP contribution in [0.4, 0.5) is 184 Å². The van der Waals surface area contributed by atoms with Gasteiger partial charge in [0.1, 0.15) is 0 Å². The Morgan fingerprint density at radius 2 is 0.327 bits per heavy atom. The Hall–Kier alpha value is -6.92. The van der Waals surface area contributed by atoms with Crippen LogP contribution in [-0.2, 0) is 40.5 Å². The minimum absolute atomic E-state index is 0.0255. The molecule has 0 radical (unpaired) electrons. The molecule has 6 aromatic carbocycles. The molecular formula is C56H24F42O4P2. The normalized spacial score (nSPS) is 21.0. The maximum absolute atomic E-state index is 15.8. The summed E-state index contributed by atoms with van der Waals surface area (Å²) in [6.07, 6.45) is -61.3. The van der Waals surface area contributed by atoms with Crippen molar-refractivity contribution in [2.45, 2.75) is 119 Å². The molecule has 0 saturated heterocycles. The van der Waals surface area contributed by atoms with Gasteiger partial charge in [-0.3, -0.25) is 0 Å². The third-order valence-electron chi connectivity index (χ3n) is 17.1. The number of fused-ring (bicyclic) bond motifs is 8. The van der Waals surface area contributed by atoms with Gasteiger partial charge in [0, 0.05) is 0 Å². The molecule has 10 rings (SSSR count). The second kappa shape index (κ2) is 22.4. The van der Waals surface area contributed by atoms with Crippen LogP contribution in [0.25, 0.3) is 0 Å². The van der Waals surface area contributed by atoms with Gasteiger partial charge in [-0.05, 0) is 0 Å². The van der Waals surface area contributed by atoms with Crippen LogP contribution in [0.3, 0.4) is 0 Å². The molecule has 4 heterocycles. The van der Waals surface area contributed by atoms with E-state index in [0.29, 0.717) is 24.3 Å². The summed E-state index contributed by atoms with van der Waals surface area (Å²) in [5.41, 5.74) is -38.5. The van der Waals surface area contributed by atoms with E-state index in [-0.39, 0.29) is 97.1 Å². The van der Waals surface area contributed by atoms with E-state index in [0.717, 1.165) is 0 Å². The van der Waals surface area contributed by atoms with Crippen molar-refractivity contribution >= 4 is 45.9 Å². The standard InChI is InChI=1S/2C28H12F21O2P/c2*29-13-9-11-14(12-10-13)52(17-7-3-1-5-15(17)19(50-52,21(30,31)25(38,39)40)22(32,33)26(41,42)43)18-8-4-2-6-16(18)20(51-52,23(34,35)27(44,45)46)24(36,37)28(47,48)49/h2*1-12H. The number of rotatable bonds is 10. The van der Waals surface area contributed by atoms with Crippen molar-refractivity contribution in [3.8, 4) is 0 Å². The van der Waals surface area contributed by atoms with Crippen molar-refractivity contribution in [3.05, 3.63) is 179 Å². The summed E-state index contributed by atoms with van der Waals surface area (Å²) in [7, 11) is -16.9. The van der Waals surface area contributed by atoms with Crippen LogP contribution >= 0.6 is 14.1 Å². The van der Waals surface area contributed by atoms with Gasteiger partial charge in [0.05, 0.1) is 0 Å². The predicted molar refractivity (Wildman–Crippen MR) is 269 cm³/mol. The van der Waals surface area contributed by atoms with Crippen LogP contribution in [0.1, 0.15) is 22.3 Å². The molecule has 4 aliphatic rings. The van der Waals surface area contributed by atoms with Crippen LogP contribution in [0, 0.1) is 11.6 Å². The molecule has 0 aliphatic carbocycles. The molecule has 4 aliphatic heterocycles. The zero-order valence-electron chi connectivity index (χ0n) is 48.3. The van der Waals surface area contributed by atoms with Crippen molar-refractivity contribution < 1.29 is 202 Å². The summed E-state index contributed by atoms with van der Waals surface area (Å²) < 4.78 is 640. The van der Waals surface area contributed by atoms with E-state index in [9.17, 15) is 114 Å². The number of hydrogen-bond donors (Lipinski definition) is 0. The second-order valence-electron chi connectivity index (χ2n) is 22.6. The van der Waals surface area contributed by atoms with Crippen molar-refractivity contribution in [2.24, 2.45) is 0 Å². The summed E-state index contributed by atoms with van der Waals surface area (Å²) in [5.74, 6) is -65.0. The second-order valence-corrected chi connectivity index (χ2v) is 30.1. The van der Waals surface area contributed by atoms with Crippen molar-refractivity contribution in [1.29, 1.82) is 0 Å². The van der Waals surface area contributed by atoms with Crippen molar-refractivity contribution in [1.82, 2.24) is 0 Å². The Bertz CT molecular complexity index is 3720. The van der Waals surface area contributed by atoms with Crippen LogP contribution in [0.5, 0.6) is 0 Å². The number of benzene rings is 6. The van der Waals surface area contributed by atoms with E-state index in [4.69, 9.17) is 0 Å². The van der Waals surface area contributed by atoms with Crippen LogP contribution in [0.15, 0.2) is 146 Å². The molecule has 0 fully saturated rings. The average molecular weight is 1620 g/mol. The fourth-order valence-electron chi connectivity index (χ4n) is 12.8. The third kappa shape index (κ3) is 9.28. The summed E-state index contributed by atoms with van der Waals surface area (Å²) in [6.45, 7) is 0. The van der Waals surface area contributed by atoms with E-state index in [1.54, 1.807) is 0 Å².